The van der Waals surface area contributed by atoms with Crippen molar-refractivity contribution in [2.75, 3.05) is 0 Å². The number of carbonyl (C=O) groups excluding carboxylic acids is 1. The molecular formula is C38H25NO. The van der Waals surface area contributed by atoms with E-state index in [0.29, 0.717) is 6.42 Å². The van der Waals surface area contributed by atoms with Crippen molar-refractivity contribution in [3.63, 3.8) is 0 Å². The van der Waals surface area contributed by atoms with Gasteiger partial charge in [0.15, 0.2) is 5.78 Å². The van der Waals surface area contributed by atoms with Crippen LogP contribution in [0.15, 0.2) is 140 Å². The highest BCUT2D eigenvalue weighted by Crippen LogP contribution is 2.53. The van der Waals surface area contributed by atoms with Gasteiger partial charge in [0.1, 0.15) is 0 Å². The van der Waals surface area contributed by atoms with Crippen LogP contribution in [0.1, 0.15) is 21.6 Å². The highest BCUT2D eigenvalue weighted by atomic mass is 16.1. The van der Waals surface area contributed by atoms with Gasteiger partial charge < -0.3 is 4.57 Å². The lowest BCUT2D eigenvalue weighted by Crippen LogP contribution is -2.15. The summed E-state index contributed by atoms with van der Waals surface area (Å²) in [5.74, 6) is 0.0479. The lowest BCUT2D eigenvalue weighted by molar-refractivity contribution is 0.104. The Morgan fingerprint density at radius 3 is 1.85 bits per heavy atom. The first-order valence-corrected chi connectivity index (χ1v) is 13.7. The highest BCUT2D eigenvalue weighted by Gasteiger charge is 2.34. The van der Waals surface area contributed by atoms with E-state index < -0.39 is 0 Å². The zero-order valence-corrected chi connectivity index (χ0v) is 21.8. The third-order valence-electron chi connectivity index (χ3n) is 8.19. The molecule has 40 heavy (non-hydrogen) atoms. The van der Waals surface area contributed by atoms with Crippen LogP contribution in [0, 0.1) is 0 Å². The first-order chi connectivity index (χ1) is 19.8. The molecule has 2 heteroatoms. The second kappa shape index (κ2) is 8.93. The van der Waals surface area contributed by atoms with Crippen molar-refractivity contribution in [3.05, 3.63) is 156 Å². The molecule has 1 aliphatic carbocycles. The number of hydrogen-bond acceptors (Lipinski definition) is 1. The van der Waals surface area contributed by atoms with Crippen LogP contribution in [0.5, 0.6) is 0 Å². The molecule has 0 fully saturated rings. The van der Waals surface area contributed by atoms with E-state index in [4.69, 9.17) is 0 Å². The van der Waals surface area contributed by atoms with Crippen molar-refractivity contribution in [3.8, 4) is 50.3 Å². The van der Waals surface area contributed by atoms with Crippen molar-refractivity contribution in [1.82, 2.24) is 4.57 Å². The van der Waals surface area contributed by atoms with Crippen LogP contribution in [-0.4, -0.2) is 10.4 Å². The first-order valence-electron chi connectivity index (χ1n) is 13.7. The van der Waals surface area contributed by atoms with Gasteiger partial charge in [0, 0.05) is 28.8 Å². The summed E-state index contributed by atoms with van der Waals surface area (Å²) in [6, 6.07) is 46.6. The summed E-state index contributed by atoms with van der Waals surface area (Å²) < 4.78 is 2.37. The summed E-state index contributed by atoms with van der Waals surface area (Å²) in [6.45, 7) is 0. The predicted octanol–water partition coefficient (Wildman–Crippen LogP) is 9.28. The molecule has 8 rings (SSSR count). The number of rotatable bonds is 3. The van der Waals surface area contributed by atoms with Crippen molar-refractivity contribution in [2.45, 2.75) is 6.42 Å². The molecule has 2 bridgehead atoms. The van der Waals surface area contributed by atoms with E-state index in [2.05, 4.69) is 120 Å². The van der Waals surface area contributed by atoms with Gasteiger partial charge in [-0.05, 0) is 63.2 Å². The van der Waals surface area contributed by atoms with E-state index in [1.807, 2.05) is 24.3 Å². The maximum atomic E-state index is 13.8. The second-order valence-electron chi connectivity index (χ2n) is 10.5. The van der Waals surface area contributed by atoms with Crippen LogP contribution in [0.2, 0.25) is 0 Å². The lowest BCUT2D eigenvalue weighted by atomic mass is 9.80. The van der Waals surface area contributed by atoms with Gasteiger partial charge in [-0.3, -0.25) is 4.79 Å². The average molecular weight is 512 g/mol. The minimum atomic E-state index is 0.0479. The normalized spacial score (nSPS) is 13.1. The second-order valence-corrected chi connectivity index (χ2v) is 10.5. The third kappa shape index (κ3) is 3.40. The summed E-state index contributed by atoms with van der Waals surface area (Å²) in [5.41, 5.74) is 14.5. The number of ketones is 1. The van der Waals surface area contributed by atoms with E-state index in [-0.39, 0.29) is 5.78 Å². The first kappa shape index (κ1) is 22.7. The Morgan fingerprint density at radius 2 is 1.12 bits per heavy atom. The number of para-hydroxylation sites is 1. The van der Waals surface area contributed by atoms with Crippen molar-refractivity contribution >= 4 is 11.4 Å². The fourth-order valence-electron chi connectivity index (χ4n) is 6.46. The van der Waals surface area contributed by atoms with Crippen LogP contribution >= 0.6 is 0 Å². The van der Waals surface area contributed by atoms with E-state index >= 15 is 0 Å². The smallest absolute Gasteiger partial charge is 0.188 e. The van der Waals surface area contributed by atoms with Gasteiger partial charge in [0.25, 0.3) is 0 Å². The van der Waals surface area contributed by atoms with Gasteiger partial charge in [0.2, 0.25) is 0 Å². The lowest BCUT2D eigenvalue weighted by Gasteiger charge is -2.26. The molecule has 0 saturated carbocycles. The Kier molecular flexibility index (Phi) is 5.08. The molecule has 0 N–H and O–H groups in total. The Labute approximate surface area is 233 Å². The maximum Gasteiger partial charge on any atom is 0.188 e. The molecule has 2 nitrogen and oxygen atoms in total. The Morgan fingerprint density at radius 1 is 0.500 bits per heavy atom. The molecule has 6 aromatic rings. The molecule has 0 amide bonds. The van der Waals surface area contributed by atoms with Crippen LogP contribution in [0.4, 0.5) is 0 Å². The topological polar surface area (TPSA) is 22.0 Å². The minimum Gasteiger partial charge on any atom is -0.311 e. The molecule has 5 aromatic carbocycles. The maximum absolute atomic E-state index is 13.8. The third-order valence-corrected chi connectivity index (χ3v) is 8.19. The quantitative estimate of drug-likeness (QED) is 0.232. The molecule has 1 aliphatic heterocycles. The van der Waals surface area contributed by atoms with Gasteiger partial charge in [0.05, 0.1) is 11.4 Å². The van der Waals surface area contributed by atoms with Crippen LogP contribution in [-0.2, 0) is 6.42 Å². The fourth-order valence-corrected chi connectivity index (χ4v) is 6.46. The van der Waals surface area contributed by atoms with Crippen LogP contribution in [0.3, 0.4) is 0 Å². The summed E-state index contributed by atoms with van der Waals surface area (Å²) in [5, 5.41) is 0. The summed E-state index contributed by atoms with van der Waals surface area (Å²) >= 11 is 0. The molecule has 0 saturated heterocycles. The van der Waals surface area contributed by atoms with Gasteiger partial charge in [-0.25, -0.2) is 0 Å². The fraction of sp³-hybridized carbons (Fsp3) is 0.0263. The number of benzene rings is 5. The monoisotopic (exact) mass is 511 g/mol. The summed E-state index contributed by atoms with van der Waals surface area (Å²) in [6.07, 6.45) is 2.56. The van der Waals surface area contributed by atoms with Gasteiger partial charge in [-0.2, -0.15) is 0 Å². The number of allylic oxidation sites excluding steroid dienone is 2. The predicted molar refractivity (Wildman–Crippen MR) is 164 cm³/mol. The number of fused-ring (bicyclic) bond motifs is 6. The van der Waals surface area contributed by atoms with Crippen LogP contribution in [0.25, 0.3) is 55.9 Å². The highest BCUT2D eigenvalue weighted by molar-refractivity contribution is 6.14. The summed E-state index contributed by atoms with van der Waals surface area (Å²) in [7, 11) is 0. The van der Waals surface area contributed by atoms with E-state index in [0.717, 1.165) is 33.6 Å². The number of carbonyl (C=O) groups is 1. The SMILES string of the molecule is O=C1C=C2Cc3c(c(-c4ccccc4)c(-c4ccccc4)n3-c3ccccc31)-c1cc(-c3ccccc3)ccc12. The van der Waals surface area contributed by atoms with E-state index in [9.17, 15) is 4.79 Å². The number of hydrogen-bond donors (Lipinski definition) is 0. The van der Waals surface area contributed by atoms with Gasteiger partial charge >= 0.3 is 0 Å². The molecular weight excluding hydrogens is 486 g/mol. The largest absolute Gasteiger partial charge is 0.311 e. The Balaban J connectivity index is 1.57. The van der Waals surface area contributed by atoms with E-state index in [1.165, 1.54) is 39.1 Å². The van der Waals surface area contributed by atoms with Crippen molar-refractivity contribution < 1.29 is 4.79 Å². The van der Waals surface area contributed by atoms with Gasteiger partial charge in [-0.15, -0.1) is 0 Å². The molecule has 0 atom stereocenters. The molecule has 188 valence electrons. The minimum absolute atomic E-state index is 0.0479. The van der Waals surface area contributed by atoms with Crippen LogP contribution < -0.4 is 0 Å². The van der Waals surface area contributed by atoms with Crippen molar-refractivity contribution in [1.29, 1.82) is 0 Å². The van der Waals surface area contributed by atoms with Crippen molar-refractivity contribution in [2.24, 2.45) is 0 Å². The average Bonchev–Trinajstić information content (AvgIpc) is 3.36. The number of nitrogens with zero attached hydrogens (tertiary/aromatic N) is 1. The number of aromatic nitrogens is 1. The zero-order chi connectivity index (χ0) is 26.6. The Hall–Kier alpha value is -5.21. The zero-order valence-electron chi connectivity index (χ0n) is 21.8. The van der Waals surface area contributed by atoms with E-state index in [1.54, 1.807) is 0 Å². The molecule has 1 aromatic heterocycles. The standard InChI is InChI=1S/C38H25NO/c40-35-24-29-23-34-37(32-22-28(20-21-30(29)32)25-12-4-1-5-13-25)36(26-14-6-2-7-15-26)38(27-16-8-3-9-17-27)39(34)33-19-11-10-18-31(33)35/h1-22,24H,23H2. The molecule has 0 radical (unpaired) electrons. The Bertz CT molecular complexity index is 1960. The molecule has 0 unspecified atom stereocenters. The summed E-state index contributed by atoms with van der Waals surface area (Å²) in [4.78, 5) is 13.8. The van der Waals surface area contributed by atoms with Gasteiger partial charge in [-0.1, -0.05) is 115 Å². The molecule has 2 aliphatic rings. The molecule has 2 heterocycles. The molecule has 0 spiro atoms.